The van der Waals surface area contributed by atoms with E-state index in [9.17, 15) is 5.11 Å². The monoisotopic (exact) mass is 778 g/mol. The molecule has 4 nitrogen and oxygen atoms in total. The molecular formula is C49H51BrN2O2. The molecule has 0 heterocycles. The summed E-state index contributed by atoms with van der Waals surface area (Å²) in [6.07, 6.45) is 9.32. The summed E-state index contributed by atoms with van der Waals surface area (Å²) in [6.45, 7) is 5.96. The maximum absolute atomic E-state index is 9.99. The van der Waals surface area contributed by atoms with Crippen LogP contribution in [0, 0.1) is 24.2 Å². The molecular weight excluding hydrogens is 728 g/mol. The zero-order valence-electron chi connectivity index (χ0n) is 30.2. The molecule has 0 spiro atoms. The van der Waals surface area contributed by atoms with Crippen molar-refractivity contribution >= 4 is 37.5 Å². The van der Waals surface area contributed by atoms with Crippen LogP contribution in [0.15, 0.2) is 169 Å². The molecule has 276 valence electrons. The standard InChI is InChI=1S/C24H23NO.C15H16BrN.C9H8O.CH4/c1-19(22-16-10-14-20-11-7-8-15-23(20)22)25-18-9-3-6-17-24(26)21-12-4-2-5-13-21;1-12(17-11-5-10-16)14-9-4-7-13-6-2-3-8-15(13)14;1-2-9(10)8-6-4-3-5-7-8;/h2-5,7-16,19,24-26H,18H2,1H3;2-10,12,17H,11H2,1H3;1,3-7,9-10H;1H4/b9-3+;10-5+;;/t19-,24?;12-;;/m11../s1. The number of rotatable bonds is 10. The highest BCUT2D eigenvalue weighted by Gasteiger charge is 2.08. The van der Waals surface area contributed by atoms with Gasteiger partial charge in [-0.15, -0.1) is 6.42 Å². The highest BCUT2D eigenvalue weighted by molar-refractivity contribution is 9.11. The lowest BCUT2D eigenvalue weighted by molar-refractivity contribution is 0.238. The second kappa shape index (κ2) is 24.1. The third kappa shape index (κ3) is 13.6. The van der Waals surface area contributed by atoms with Crippen molar-refractivity contribution in [2.45, 2.75) is 45.6 Å². The van der Waals surface area contributed by atoms with Gasteiger partial charge in [-0.25, -0.2) is 0 Å². The van der Waals surface area contributed by atoms with Gasteiger partial charge in [-0.2, -0.15) is 0 Å². The van der Waals surface area contributed by atoms with Crippen LogP contribution in [0.3, 0.4) is 0 Å². The van der Waals surface area contributed by atoms with Crippen LogP contribution in [-0.4, -0.2) is 23.3 Å². The predicted octanol–water partition coefficient (Wildman–Crippen LogP) is 11.2. The van der Waals surface area contributed by atoms with E-state index in [0.29, 0.717) is 6.04 Å². The van der Waals surface area contributed by atoms with Crippen LogP contribution in [0.4, 0.5) is 0 Å². The summed E-state index contributed by atoms with van der Waals surface area (Å²) in [5.74, 6) is 7.98. The minimum absolute atomic E-state index is 0. The number of benzene rings is 6. The Labute approximate surface area is 330 Å². The summed E-state index contributed by atoms with van der Waals surface area (Å²) >= 11 is 3.27. The Hall–Kier alpha value is -5.24. The number of fused-ring (bicyclic) bond motifs is 2. The van der Waals surface area contributed by atoms with Crippen molar-refractivity contribution in [3.8, 4) is 24.2 Å². The van der Waals surface area contributed by atoms with E-state index in [1.807, 2.05) is 59.6 Å². The van der Waals surface area contributed by atoms with Crippen molar-refractivity contribution in [1.29, 1.82) is 0 Å². The molecule has 0 amide bonds. The molecule has 0 saturated heterocycles. The van der Waals surface area contributed by atoms with E-state index in [2.05, 4.69) is 149 Å². The van der Waals surface area contributed by atoms with E-state index >= 15 is 0 Å². The van der Waals surface area contributed by atoms with Gasteiger partial charge in [0, 0.05) is 25.2 Å². The first-order valence-corrected chi connectivity index (χ1v) is 18.6. The molecule has 0 bridgehead atoms. The van der Waals surface area contributed by atoms with Gasteiger partial charge in [0.15, 0.2) is 0 Å². The number of nitrogens with one attached hydrogen (secondary N) is 2. The third-order valence-electron chi connectivity index (χ3n) is 8.56. The maximum atomic E-state index is 9.99. The highest BCUT2D eigenvalue weighted by Crippen LogP contribution is 2.25. The fraction of sp³-hybridized carbons (Fsp3) is 0.184. The smallest absolute Gasteiger partial charge is 0.140 e. The quantitative estimate of drug-likeness (QED) is 0.105. The second-order valence-corrected chi connectivity index (χ2v) is 12.8. The number of halogens is 1. The summed E-state index contributed by atoms with van der Waals surface area (Å²) in [5.41, 5.74) is 4.23. The third-order valence-corrected chi connectivity index (χ3v) is 8.94. The zero-order valence-corrected chi connectivity index (χ0v) is 31.8. The van der Waals surface area contributed by atoms with Crippen LogP contribution in [0.5, 0.6) is 0 Å². The van der Waals surface area contributed by atoms with Crippen molar-refractivity contribution in [2.75, 3.05) is 13.1 Å². The molecule has 0 aromatic heterocycles. The van der Waals surface area contributed by atoms with Crippen LogP contribution in [0.2, 0.25) is 0 Å². The van der Waals surface area contributed by atoms with Gasteiger partial charge >= 0.3 is 0 Å². The maximum Gasteiger partial charge on any atom is 0.140 e. The molecule has 4 atom stereocenters. The summed E-state index contributed by atoms with van der Waals surface area (Å²) in [7, 11) is 0. The van der Waals surface area contributed by atoms with E-state index < -0.39 is 12.2 Å². The Morgan fingerprint density at radius 2 is 1.02 bits per heavy atom. The average Bonchev–Trinajstić information content (AvgIpc) is 3.22. The van der Waals surface area contributed by atoms with Crippen molar-refractivity contribution < 1.29 is 10.2 Å². The molecule has 4 N–H and O–H groups in total. The Morgan fingerprint density at radius 3 is 1.50 bits per heavy atom. The molecule has 2 unspecified atom stereocenters. The Kier molecular flexibility index (Phi) is 19.3. The summed E-state index contributed by atoms with van der Waals surface area (Å²) in [4.78, 5) is 1.88. The molecule has 5 heteroatoms. The highest BCUT2D eigenvalue weighted by atomic mass is 79.9. The normalized spacial score (nSPS) is 12.8. The molecule has 6 rings (SSSR count). The first kappa shape index (κ1) is 43.2. The molecule has 0 aliphatic heterocycles. The summed E-state index contributed by atoms with van der Waals surface area (Å²) in [5, 5.41) is 31.2. The Morgan fingerprint density at radius 1 is 0.593 bits per heavy atom. The number of hydrogen-bond donors (Lipinski definition) is 4. The van der Waals surface area contributed by atoms with Gasteiger partial charge in [0.05, 0.1) is 0 Å². The molecule has 6 aromatic carbocycles. The number of allylic oxidation sites excluding steroid dienone is 1. The van der Waals surface area contributed by atoms with Crippen molar-refractivity contribution in [3.05, 3.63) is 191 Å². The summed E-state index contributed by atoms with van der Waals surface area (Å²) < 4.78 is 0. The number of hydrogen-bond acceptors (Lipinski definition) is 4. The van der Waals surface area contributed by atoms with Gasteiger partial charge in [0.1, 0.15) is 12.2 Å². The van der Waals surface area contributed by atoms with Crippen molar-refractivity contribution in [2.24, 2.45) is 0 Å². The average molecular weight is 780 g/mol. The lowest BCUT2D eigenvalue weighted by atomic mass is 10.00. The summed E-state index contributed by atoms with van der Waals surface area (Å²) in [6, 6.07) is 49.0. The fourth-order valence-corrected chi connectivity index (χ4v) is 5.89. The topological polar surface area (TPSA) is 64.5 Å². The van der Waals surface area contributed by atoms with Crippen LogP contribution in [0.25, 0.3) is 21.5 Å². The minimum atomic E-state index is -0.763. The lowest BCUT2D eigenvalue weighted by Gasteiger charge is -2.15. The molecule has 0 aliphatic rings. The van der Waals surface area contributed by atoms with E-state index in [0.717, 1.165) is 24.2 Å². The van der Waals surface area contributed by atoms with E-state index in [1.54, 1.807) is 18.2 Å². The van der Waals surface area contributed by atoms with Crippen LogP contribution >= 0.6 is 15.9 Å². The van der Waals surface area contributed by atoms with E-state index in [-0.39, 0.29) is 13.5 Å². The second-order valence-electron chi connectivity index (χ2n) is 12.2. The van der Waals surface area contributed by atoms with Crippen LogP contribution in [0.1, 0.15) is 67.8 Å². The van der Waals surface area contributed by atoms with Gasteiger partial charge in [0.25, 0.3) is 0 Å². The van der Waals surface area contributed by atoms with Crippen LogP contribution < -0.4 is 10.6 Å². The molecule has 0 radical (unpaired) electrons. The number of aliphatic hydroxyl groups excluding tert-OH is 2. The molecule has 0 aliphatic carbocycles. The van der Waals surface area contributed by atoms with Gasteiger partial charge in [-0.3, -0.25) is 0 Å². The van der Waals surface area contributed by atoms with Gasteiger partial charge in [-0.1, -0.05) is 199 Å². The zero-order chi connectivity index (χ0) is 37.7. The van der Waals surface area contributed by atoms with Crippen molar-refractivity contribution in [3.63, 3.8) is 0 Å². The molecule has 6 aromatic rings. The van der Waals surface area contributed by atoms with Gasteiger partial charge < -0.3 is 20.8 Å². The van der Waals surface area contributed by atoms with Crippen LogP contribution in [-0.2, 0) is 0 Å². The Bertz CT molecular complexity index is 2140. The molecule has 0 saturated carbocycles. The van der Waals surface area contributed by atoms with Gasteiger partial charge in [-0.05, 0) is 68.7 Å². The van der Waals surface area contributed by atoms with Crippen molar-refractivity contribution in [1.82, 2.24) is 10.6 Å². The fourth-order valence-electron chi connectivity index (χ4n) is 5.71. The first-order chi connectivity index (χ1) is 25.9. The lowest BCUT2D eigenvalue weighted by Crippen LogP contribution is -2.18. The van der Waals surface area contributed by atoms with E-state index in [1.165, 1.54) is 32.7 Å². The molecule has 0 fully saturated rings. The van der Waals surface area contributed by atoms with Gasteiger partial charge in [0.2, 0.25) is 0 Å². The molecule has 54 heavy (non-hydrogen) atoms. The first-order valence-electron chi connectivity index (χ1n) is 17.7. The number of aliphatic hydroxyl groups is 2. The van der Waals surface area contributed by atoms with E-state index in [4.69, 9.17) is 11.5 Å². The predicted molar refractivity (Wildman–Crippen MR) is 234 cm³/mol. The largest absolute Gasteiger partial charge is 0.376 e. The Balaban J connectivity index is 0.000000240. The minimum Gasteiger partial charge on any atom is -0.376 e. The SMILES string of the molecule is C.C#CC(O)c1ccccc1.C[C@@H](NC/C=C/Br)c1cccc2ccccc12.C[C@@H](NC/C=C/C#CC(O)c1ccccc1)c1cccc2ccccc12. The number of terminal acetylenes is 1.